The second kappa shape index (κ2) is 11.1. The highest BCUT2D eigenvalue weighted by Crippen LogP contribution is 2.36. The van der Waals surface area contributed by atoms with E-state index in [-0.39, 0.29) is 25.3 Å². The first-order valence-corrected chi connectivity index (χ1v) is 12.6. The monoisotopic (exact) mass is 561 g/mol. The number of nitrogens with zero attached hydrogens (tertiary/aromatic N) is 2. The predicted octanol–water partition coefficient (Wildman–Crippen LogP) is 4.59. The minimum atomic E-state index is -2.79. The number of benzene rings is 2. The largest absolute Gasteiger partial charge is 0.483 e. The van der Waals surface area contributed by atoms with Gasteiger partial charge in [-0.15, -0.1) is 0 Å². The molecular weight excluding hydrogens is 537 g/mol. The summed E-state index contributed by atoms with van der Waals surface area (Å²) in [6.45, 7) is -0.893. The number of alkyl halides is 2. The van der Waals surface area contributed by atoms with E-state index < -0.39 is 76.6 Å². The highest BCUT2D eigenvalue weighted by atomic mass is 19.3. The summed E-state index contributed by atoms with van der Waals surface area (Å²) >= 11 is 0. The Morgan fingerprint density at radius 3 is 2.42 bits per heavy atom. The van der Waals surface area contributed by atoms with Gasteiger partial charge in [0.25, 0.3) is 18.2 Å². The molecule has 40 heavy (non-hydrogen) atoms. The molecule has 2 aliphatic heterocycles. The molecule has 1 aromatic heterocycles. The van der Waals surface area contributed by atoms with Crippen molar-refractivity contribution in [1.29, 1.82) is 0 Å². The minimum absolute atomic E-state index is 0.0467. The molecule has 1 N–H and O–H groups in total. The zero-order valence-electron chi connectivity index (χ0n) is 21.0. The maximum absolute atomic E-state index is 14.1. The molecule has 12 heteroatoms. The topological polar surface area (TPSA) is 80.6 Å². The van der Waals surface area contributed by atoms with Crippen LogP contribution in [-0.4, -0.2) is 40.3 Å². The van der Waals surface area contributed by atoms with Gasteiger partial charge in [0.2, 0.25) is 5.43 Å². The van der Waals surface area contributed by atoms with Crippen LogP contribution in [0.2, 0.25) is 0 Å². The van der Waals surface area contributed by atoms with Gasteiger partial charge in [0.05, 0.1) is 12.1 Å². The van der Waals surface area contributed by atoms with Gasteiger partial charge in [0.15, 0.2) is 11.4 Å². The molecule has 0 aliphatic carbocycles. The second-order valence-corrected chi connectivity index (χ2v) is 9.71. The highest BCUT2D eigenvalue weighted by Gasteiger charge is 2.43. The highest BCUT2D eigenvalue weighted by molar-refractivity contribution is 5.99. The van der Waals surface area contributed by atoms with E-state index >= 15 is 0 Å². The normalized spacial score (nSPS) is 18.4. The van der Waals surface area contributed by atoms with Crippen molar-refractivity contribution < 1.29 is 36.3 Å². The summed E-state index contributed by atoms with van der Waals surface area (Å²) in [5.41, 5.74) is -1.66. The summed E-state index contributed by atoms with van der Waals surface area (Å²) in [6.07, 6.45) is -0.788. The number of amides is 2. The smallest absolute Gasteiger partial charge is 0.275 e. The first-order chi connectivity index (χ1) is 19.2. The fourth-order valence-electron chi connectivity index (χ4n) is 5.17. The van der Waals surface area contributed by atoms with Crippen LogP contribution < -0.4 is 15.5 Å². The average molecular weight is 562 g/mol. The Kier molecular flexibility index (Phi) is 7.59. The Hall–Kier alpha value is -4.22. The van der Waals surface area contributed by atoms with Crippen molar-refractivity contribution >= 4 is 11.8 Å². The van der Waals surface area contributed by atoms with Crippen LogP contribution in [0.4, 0.5) is 22.0 Å². The van der Waals surface area contributed by atoms with Gasteiger partial charge in [-0.05, 0) is 24.8 Å². The number of rotatable bonds is 7. The Morgan fingerprint density at radius 2 is 1.75 bits per heavy atom. The number of hydrogen-bond donors (Lipinski definition) is 1. The lowest BCUT2D eigenvalue weighted by molar-refractivity contribution is 0.0137. The van der Waals surface area contributed by atoms with Crippen LogP contribution in [0.1, 0.15) is 57.3 Å². The summed E-state index contributed by atoms with van der Waals surface area (Å²) < 4.78 is 76.3. The number of fused-ring (bicyclic) bond motifs is 4. The van der Waals surface area contributed by atoms with Crippen molar-refractivity contribution in [2.75, 3.05) is 6.54 Å². The van der Waals surface area contributed by atoms with Crippen LogP contribution >= 0.6 is 0 Å². The summed E-state index contributed by atoms with van der Waals surface area (Å²) in [4.78, 5) is 41.2. The number of nitrogens with one attached hydrogen (secondary N) is 1. The van der Waals surface area contributed by atoms with Crippen LogP contribution in [0.15, 0.2) is 53.5 Å². The molecule has 2 atom stereocenters. The molecular formula is C28H24F5N3O4. The maximum atomic E-state index is 14.1. The molecule has 2 bridgehead atoms. The van der Waals surface area contributed by atoms with E-state index in [4.69, 9.17) is 4.74 Å². The molecule has 210 valence electrons. The molecule has 1 saturated heterocycles. The first kappa shape index (κ1) is 27.4. The van der Waals surface area contributed by atoms with Crippen LogP contribution in [-0.2, 0) is 13.2 Å². The second-order valence-electron chi connectivity index (χ2n) is 9.71. The summed E-state index contributed by atoms with van der Waals surface area (Å²) in [6, 6.07) is 7.74. The van der Waals surface area contributed by atoms with Crippen molar-refractivity contribution in [3.63, 3.8) is 0 Å². The van der Waals surface area contributed by atoms with E-state index in [1.54, 1.807) is 30.3 Å². The Bertz CT molecular complexity index is 1490. The summed E-state index contributed by atoms with van der Waals surface area (Å²) in [7, 11) is 0. The van der Waals surface area contributed by atoms with Crippen LogP contribution in [0.3, 0.4) is 0 Å². The van der Waals surface area contributed by atoms with Crippen molar-refractivity contribution in [2.24, 2.45) is 0 Å². The van der Waals surface area contributed by atoms with Gasteiger partial charge in [-0.2, -0.15) is 0 Å². The zero-order chi connectivity index (χ0) is 28.6. The lowest BCUT2D eigenvalue weighted by Crippen LogP contribution is -2.50. The van der Waals surface area contributed by atoms with Gasteiger partial charge < -0.3 is 19.5 Å². The standard InChI is InChI=1S/C28H24F5N3O4/c29-16-9-20(30)18(21(31)10-16)11-34-27(38)19-13-35-17-7-4-8-22(26(32)33)36(12-17)28(39)23(35)25(24(19)37)40-14-15-5-2-1-3-6-15/h1-3,5-6,9-10,13,17,22,26H,4,7-8,11-12,14H2,(H,34,38)/t17?,22-/m0/s1. The van der Waals surface area contributed by atoms with Crippen molar-refractivity contribution in [3.05, 3.63) is 98.7 Å². The van der Waals surface area contributed by atoms with Gasteiger partial charge in [-0.3, -0.25) is 14.4 Å². The van der Waals surface area contributed by atoms with E-state index in [9.17, 15) is 36.3 Å². The third-order valence-corrected chi connectivity index (χ3v) is 7.19. The van der Waals surface area contributed by atoms with Crippen molar-refractivity contribution in [2.45, 2.75) is 50.9 Å². The summed E-state index contributed by atoms with van der Waals surface area (Å²) in [5, 5.41) is 2.26. The molecule has 0 spiro atoms. The van der Waals surface area contributed by atoms with E-state index in [1.807, 2.05) is 0 Å². The number of pyridine rings is 1. The van der Waals surface area contributed by atoms with Crippen LogP contribution in [0.25, 0.3) is 0 Å². The van der Waals surface area contributed by atoms with Crippen molar-refractivity contribution in [1.82, 2.24) is 14.8 Å². The molecule has 3 heterocycles. The number of carbonyl (C=O) groups excluding carboxylic acids is 2. The molecule has 2 aliphatic rings. The van der Waals surface area contributed by atoms with Gasteiger partial charge in [0.1, 0.15) is 29.6 Å². The van der Waals surface area contributed by atoms with Gasteiger partial charge >= 0.3 is 0 Å². The molecule has 0 radical (unpaired) electrons. The fraction of sp³-hybridized carbons (Fsp3) is 0.321. The average Bonchev–Trinajstić information content (AvgIpc) is 3.12. The van der Waals surface area contributed by atoms with E-state index in [0.717, 1.165) is 11.1 Å². The molecule has 2 aromatic carbocycles. The predicted molar refractivity (Wildman–Crippen MR) is 133 cm³/mol. The third kappa shape index (κ3) is 5.17. The maximum Gasteiger partial charge on any atom is 0.275 e. The van der Waals surface area contributed by atoms with E-state index in [1.165, 1.54) is 4.57 Å². The van der Waals surface area contributed by atoms with Gasteiger partial charge in [0, 0.05) is 37.0 Å². The Morgan fingerprint density at radius 1 is 1.05 bits per heavy atom. The van der Waals surface area contributed by atoms with Crippen LogP contribution in [0.5, 0.6) is 5.75 Å². The first-order valence-electron chi connectivity index (χ1n) is 12.6. The van der Waals surface area contributed by atoms with E-state index in [2.05, 4.69) is 5.32 Å². The summed E-state index contributed by atoms with van der Waals surface area (Å²) in [5.74, 6) is -5.87. The molecule has 7 nitrogen and oxygen atoms in total. The number of carbonyl (C=O) groups is 2. The molecule has 5 rings (SSSR count). The number of hydrogen-bond acceptors (Lipinski definition) is 4. The third-order valence-electron chi connectivity index (χ3n) is 7.19. The fourth-order valence-corrected chi connectivity index (χ4v) is 5.17. The minimum Gasteiger partial charge on any atom is -0.483 e. The Labute approximate surface area is 225 Å². The zero-order valence-corrected chi connectivity index (χ0v) is 21.0. The molecule has 0 saturated carbocycles. The van der Waals surface area contributed by atoms with E-state index in [0.29, 0.717) is 30.5 Å². The number of ether oxygens (including phenoxy) is 1. The van der Waals surface area contributed by atoms with Gasteiger partial charge in [-0.1, -0.05) is 30.3 Å². The quantitative estimate of drug-likeness (QED) is 0.428. The molecule has 1 unspecified atom stereocenters. The molecule has 2 amide bonds. The number of aromatic nitrogens is 1. The number of halogens is 5. The van der Waals surface area contributed by atoms with Gasteiger partial charge in [-0.25, -0.2) is 22.0 Å². The SMILES string of the molecule is O=C(NCc1c(F)cc(F)cc1F)c1cn2c(c(OCc3ccccc3)c1=O)C(=O)N1CC2CCC[C@H]1C(F)F. The molecule has 3 aromatic rings. The lowest BCUT2D eigenvalue weighted by Gasteiger charge is -2.38. The van der Waals surface area contributed by atoms with Crippen molar-refractivity contribution in [3.8, 4) is 5.75 Å². The Balaban J connectivity index is 1.55. The van der Waals surface area contributed by atoms with Crippen LogP contribution in [0, 0.1) is 17.5 Å². The lowest BCUT2D eigenvalue weighted by atomic mass is 10.1. The molecule has 1 fully saturated rings.